The lowest BCUT2D eigenvalue weighted by molar-refractivity contribution is -0.139. The molecule has 202 valence electrons. The van der Waals surface area contributed by atoms with E-state index in [0.717, 1.165) is 0 Å². The molecule has 0 radical (unpaired) electrons. The second kappa shape index (κ2) is 10.3. The number of aliphatic imine (C=N–C) groups is 1. The van der Waals surface area contributed by atoms with Gasteiger partial charge in [0.15, 0.2) is 10.8 Å². The quantitative estimate of drug-likeness (QED) is 0.477. The van der Waals surface area contributed by atoms with E-state index in [1.165, 1.54) is 30.6 Å². The molecule has 0 unspecified atom stereocenters. The SMILES string of the molecule is COC(=O)C1=C(CN2[C@@H]3C[C@@H](CC(=O)O)C[C@@H]2C(F)(F)C3)NC(c2nccs2)=N[C@H]1c1ccc(Cl)c(F)c1. The molecule has 0 aliphatic carbocycles. The maximum Gasteiger partial charge on any atom is 0.338 e. The van der Waals surface area contributed by atoms with Crippen LogP contribution in [-0.2, 0) is 14.3 Å². The number of esters is 1. The van der Waals surface area contributed by atoms with Crippen LogP contribution in [0.3, 0.4) is 0 Å². The van der Waals surface area contributed by atoms with Crippen molar-refractivity contribution in [3.8, 4) is 0 Å². The first-order valence-corrected chi connectivity index (χ1v) is 13.2. The third-order valence-corrected chi connectivity index (χ3v) is 8.34. The van der Waals surface area contributed by atoms with Crippen molar-refractivity contribution in [2.24, 2.45) is 10.9 Å². The van der Waals surface area contributed by atoms with Crippen molar-refractivity contribution in [1.29, 1.82) is 0 Å². The Morgan fingerprint density at radius 2 is 2.13 bits per heavy atom. The van der Waals surface area contributed by atoms with Crippen LogP contribution in [0, 0.1) is 11.7 Å². The number of halogens is 4. The van der Waals surface area contributed by atoms with Crippen molar-refractivity contribution in [3.63, 3.8) is 0 Å². The number of carboxylic acid groups (broad SMARTS) is 1. The van der Waals surface area contributed by atoms with Crippen molar-refractivity contribution < 1.29 is 32.6 Å². The van der Waals surface area contributed by atoms with Gasteiger partial charge in [0.25, 0.3) is 5.92 Å². The Labute approximate surface area is 225 Å². The van der Waals surface area contributed by atoms with E-state index in [1.54, 1.807) is 22.5 Å². The van der Waals surface area contributed by atoms with E-state index in [9.17, 15) is 19.1 Å². The van der Waals surface area contributed by atoms with Gasteiger partial charge in [-0.25, -0.2) is 22.9 Å². The van der Waals surface area contributed by atoms with Crippen LogP contribution in [0.1, 0.15) is 42.3 Å². The van der Waals surface area contributed by atoms with Crippen LogP contribution >= 0.6 is 22.9 Å². The molecule has 38 heavy (non-hydrogen) atoms. The van der Waals surface area contributed by atoms with E-state index >= 15 is 8.78 Å². The number of nitrogens with one attached hydrogen (secondary N) is 1. The largest absolute Gasteiger partial charge is 0.481 e. The van der Waals surface area contributed by atoms with E-state index in [4.69, 9.17) is 16.3 Å². The zero-order valence-electron chi connectivity index (χ0n) is 20.2. The normalized spacial score (nSPS) is 26.6. The summed E-state index contributed by atoms with van der Waals surface area (Å²) in [6.45, 7) is -0.0634. The molecule has 8 nitrogen and oxygen atoms in total. The molecule has 4 atom stereocenters. The fraction of sp³-hybridized carbons (Fsp3) is 0.440. The number of hydrogen-bond acceptors (Lipinski definition) is 8. The van der Waals surface area contributed by atoms with Crippen LogP contribution in [0.15, 0.2) is 46.0 Å². The number of ether oxygens (including phenoxy) is 1. The van der Waals surface area contributed by atoms with Crippen LogP contribution in [0.4, 0.5) is 13.2 Å². The van der Waals surface area contributed by atoms with Gasteiger partial charge >= 0.3 is 11.9 Å². The van der Waals surface area contributed by atoms with E-state index < -0.39 is 48.2 Å². The summed E-state index contributed by atoms with van der Waals surface area (Å²) >= 11 is 7.16. The number of aliphatic carboxylic acids is 1. The predicted molar refractivity (Wildman–Crippen MR) is 134 cm³/mol. The Balaban J connectivity index is 1.56. The highest BCUT2D eigenvalue weighted by molar-refractivity contribution is 7.11. The molecule has 4 heterocycles. The number of aromatic nitrogens is 1. The third-order valence-electron chi connectivity index (χ3n) is 7.26. The molecular formula is C25H24ClF3N4O4S. The van der Waals surface area contributed by atoms with Gasteiger partial charge < -0.3 is 15.2 Å². The highest BCUT2D eigenvalue weighted by Gasteiger charge is 2.57. The number of hydrogen-bond donors (Lipinski definition) is 2. The first-order valence-electron chi connectivity index (χ1n) is 11.9. The predicted octanol–water partition coefficient (Wildman–Crippen LogP) is 4.42. The van der Waals surface area contributed by atoms with Crippen LogP contribution < -0.4 is 5.32 Å². The maximum absolute atomic E-state index is 15.1. The minimum absolute atomic E-state index is 0.0237. The lowest BCUT2D eigenvalue weighted by Crippen LogP contribution is -2.50. The number of benzene rings is 1. The van der Waals surface area contributed by atoms with Gasteiger partial charge in [0.05, 0.1) is 23.7 Å². The fourth-order valence-corrected chi connectivity index (χ4v) is 6.37. The van der Waals surface area contributed by atoms with Crippen LogP contribution in [-0.4, -0.2) is 64.4 Å². The molecule has 1 aromatic heterocycles. The Kier molecular flexibility index (Phi) is 7.23. The highest BCUT2D eigenvalue weighted by atomic mass is 35.5. The molecule has 1 aromatic carbocycles. The summed E-state index contributed by atoms with van der Waals surface area (Å²) in [7, 11) is 1.20. The molecular weight excluding hydrogens is 545 g/mol. The van der Waals surface area contributed by atoms with Crippen molar-refractivity contribution in [2.75, 3.05) is 13.7 Å². The van der Waals surface area contributed by atoms with Gasteiger partial charge in [-0.2, -0.15) is 0 Å². The minimum Gasteiger partial charge on any atom is -0.481 e. The molecule has 2 fully saturated rings. The van der Waals surface area contributed by atoms with Gasteiger partial charge in [-0.05, 0) is 36.5 Å². The summed E-state index contributed by atoms with van der Waals surface area (Å²) in [5, 5.41) is 14.5. The number of carbonyl (C=O) groups excluding carboxylic acids is 1. The summed E-state index contributed by atoms with van der Waals surface area (Å²) in [5.41, 5.74) is 0.681. The number of thiazole rings is 1. The van der Waals surface area contributed by atoms with E-state index in [2.05, 4.69) is 15.3 Å². The molecule has 2 N–H and O–H groups in total. The van der Waals surface area contributed by atoms with Gasteiger partial charge in [0.2, 0.25) is 0 Å². The van der Waals surface area contributed by atoms with Crippen molar-refractivity contribution in [2.45, 2.75) is 49.7 Å². The molecule has 0 amide bonds. The molecule has 2 aromatic rings. The topological polar surface area (TPSA) is 104 Å². The second-order valence-corrected chi connectivity index (χ2v) is 10.9. The number of amidine groups is 1. The monoisotopic (exact) mass is 568 g/mol. The lowest BCUT2D eigenvalue weighted by atomic mass is 9.87. The number of piperidine rings is 1. The lowest BCUT2D eigenvalue weighted by Gasteiger charge is -2.40. The van der Waals surface area contributed by atoms with Gasteiger partial charge in [-0.15, -0.1) is 11.3 Å². The van der Waals surface area contributed by atoms with Crippen LogP contribution in [0.25, 0.3) is 0 Å². The zero-order valence-corrected chi connectivity index (χ0v) is 21.7. The van der Waals surface area contributed by atoms with E-state index in [-0.39, 0.29) is 35.9 Å². The van der Waals surface area contributed by atoms with Crippen molar-refractivity contribution in [3.05, 3.63) is 62.5 Å². The number of carboxylic acids is 1. The maximum atomic E-state index is 15.1. The van der Waals surface area contributed by atoms with Gasteiger partial charge in [-0.3, -0.25) is 14.7 Å². The minimum atomic E-state index is -3.01. The summed E-state index contributed by atoms with van der Waals surface area (Å²) in [6.07, 6.45) is 1.34. The van der Waals surface area contributed by atoms with E-state index in [1.807, 2.05) is 0 Å². The molecule has 2 bridgehead atoms. The van der Waals surface area contributed by atoms with Gasteiger partial charge in [0, 0.05) is 42.7 Å². The summed E-state index contributed by atoms with van der Waals surface area (Å²) < 4.78 is 49.6. The summed E-state index contributed by atoms with van der Waals surface area (Å²) in [5.74, 6) is -5.52. The van der Waals surface area contributed by atoms with Gasteiger partial charge in [-0.1, -0.05) is 17.7 Å². The number of methoxy groups -OCH3 is 1. The average Bonchev–Trinajstić information content (AvgIpc) is 3.44. The van der Waals surface area contributed by atoms with Gasteiger partial charge in [0.1, 0.15) is 11.9 Å². The van der Waals surface area contributed by atoms with E-state index in [0.29, 0.717) is 28.5 Å². The van der Waals surface area contributed by atoms with Crippen LogP contribution in [0.2, 0.25) is 5.02 Å². The molecule has 3 aliphatic heterocycles. The summed E-state index contributed by atoms with van der Waals surface area (Å²) in [6, 6.07) is 1.31. The smallest absolute Gasteiger partial charge is 0.338 e. The number of fused-ring (bicyclic) bond motifs is 2. The molecule has 5 rings (SSSR count). The number of rotatable bonds is 7. The highest BCUT2D eigenvalue weighted by Crippen LogP contribution is 2.49. The Morgan fingerprint density at radius 1 is 1.34 bits per heavy atom. The zero-order chi connectivity index (χ0) is 27.2. The third kappa shape index (κ3) is 5.04. The Bertz CT molecular complexity index is 1320. The van der Waals surface area contributed by atoms with Crippen molar-refractivity contribution in [1.82, 2.24) is 15.2 Å². The second-order valence-electron chi connectivity index (χ2n) is 9.64. The number of nitrogens with zero attached hydrogens (tertiary/aromatic N) is 3. The average molecular weight is 569 g/mol. The van der Waals surface area contributed by atoms with Crippen molar-refractivity contribution >= 4 is 40.7 Å². The number of carbonyl (C=O) groups is 2. The molecule has 13 heteroatoms. The standard InChI is InChI=1S/C25H24ClF3N4O4S/c1-37-24(36)20-17(11-33-14-6-12(8-19(34)35)7-18(33)25(28,29)10-14)31-22(23-30-4-5-38-23)32-21(20)13-2-3-15(26)16(27)9-13/h2-5,9,12,14,18,21H,6-8,10-11H2,1H3,(H,31,32)(H,34,35)/t12-,14-,18-,21+/m1/s1. The molecule has 3 aliphatic rings. The first kappa shape index (κ1) is 26.6. The Morgan fingerprint density at radius 3 is 2.76 bits per heavy atom. The number of alkyl halides is 2. The first-order chi connectivity index (χ1) is 18.1. The Hall–Kier alpha value is -2.96. The van der Waals surface area contributed by atoms with Crippen LogP contribution in [0.5, 0.6) is 0 Å². The molecule has 0 saturated carbocycles. The summed E-state index contributed by atoms with van der Waals surface area (Å²) in [4.78, 5) is 34.9. The molecule has 2 saturated heterocycles. The fourth-order valence-electron chi connectivity index (χ4n) is 5.67. The molecule has 0 spiro atoms.